The van der Waals surface area contributed by atoms with Crippen molar-refractivity contribution in [3.63, 3.8) is 0 Å². The number of rotatable bonds is 4. The maximum absolute atomic E-state index is 12.6. The molecule has 2 N–H and O–H groups in total. The molecule has 0 atom stereocenters. The summed E-state index contributed by atoms with van der Waals surface area (Å²) in [5.41, 5.74) is 3.96. The second kappa shape index (κ2) is 7.11. The maximum Gasteiger partial charge on any atom is 0.272 e. The van der Waals surface area contributed by atoms with Gasteiger partial charge in [0.25, 0.3) is 5.91 Å². The predicted octanol–water partition coefficient (Wildman–Crippen LogP) is 2.03. The van der Waals surface area contributed by atoms with E-state index in [1.807, 2.05) is 19.2 Å². The van der Waals surface area contributed by atoms with Crippen LogP contribution in [0.2, 0.25) is 0 Å². The molecule has 0 unspecified atom stereocenters. The van der Waals surface area contributed by atoms with Crippen LogP contribution in [0.25, 0.3) is 16.9 Å². The molecule has 0 radical (unpaired) electrons. The molecule has 0 spiro atoms. The van der Waals surface area contributed by atoms with E-state index < -0.39 is 0 Å². The molecule has 1 fully saturated rings. The first-order valence-corrected chi connectivity index (χ1v) is 9.42. The van der Waals surface area contributed by atoms with E-state index in [4.69, 9.17) is 0 Å². The van der Waals surface area contributed by atoms with E-state index in [1.165, 1.54) is 6.33 Å². The van der Waals surface area contributed by atoms with Gasteiger partial charge in [0.2, 0.25) is 0 Å². The van der Waals surface area contributed by atoms with E-state index in [2.05, 4.69) is 44.3 Å². The molecule has 8 nitrogen and oxygen atoms in total. The van der Waals surface area contributed by atoms with Gasteiger partial charge in [-0.25, -0.2) is 9.50 Å². The van der Waals surface area contributed by atoms with E-state index in [1.54, 1.807) is 10.6 Å². The monoisotopic (exact) mass is 367 g/mol. The number of H-pyrrole nitrogens is 1. The molecule has 0 aliphatic carbocycles. The highest BCUT2D eigenvalue weighted by atomic mass is 16.2. The molecular formula is C19H25N7O. The number of pyridine rings is 1. The lowest BCUT2D eigenvalue weighted by Crippen LogP contribution is -2.46. The number of carbonyl (C=O) groups is 1. The molecule has 0 bridgehead atoms. The van der Waals surface area contributed by atoms with E-state index >= 15 is 0 Å². The van der Waals surface area contributed by atoms with Crippen molar-refractivity contribution in [2.75, 3.05) is 13.1 Å². The average Bonchev–Trinajstić information content (AvgIpc) is 3.32. The van der Waals surface area contributed by atoms with Gasteiger partial charge in [-0.1, -0.05) is 0 Å². The highest BCUT2D eigenvalue weighted by Gasteiger charge is 2.23. The molecule has 1 saturated heterocycles. The maximum atomic E-state index is 12.6. The lowest BCUT2D eigenvalue weighted by Gasteiger charge is -2.34. The number of carbonyl (C=O) groups excluding carboxylic acids is 1. The van der Waals surface area contributed by atoms with Crippen LogP contribution in [0.3, 0.4) is 0 Å². The number of aromatic nitrogens is 5. The van der Waals surface area contributed by atoms with Gasteiger partial charge in [-0.15, -0.1) is 0 Å². The van der Waals surface area contributed by atoms with Crippen molar-refractivity contribution in [3.8, 4) is 11.3 Å². The van der Waals surface area contributed by atoms with Crippen molar-refractivity contribution in [2.45, 2.75) is 45.7 Å². The van der Waals surface area contributed by atoms with Gasteiger partial charge in [-0.3, -0.25) is 9.89 Å². The summed E-state index contributed by atoms with van der Waals surface area (Å²) in [6.45, 7) is 8.45. The lowest BCUT2D eigenvalue weighted by molar-refractivity contribution is 0.0895. The molecule has 8 heteroatoms. The van der Waals surface area contributed by atoms with Gasteiger partial charge in [0.05, 0.1) is 5.69 Å². The highest BCUT2D eigenvalue weighted by Crippen LogP contribution is 2.21. The Morgan fingerprint density at radius 2 is 2.07 bits per heavy atom. The van der Waals surface area contributed by atoms with Crippen LogP contribution in [0.5, 0.6) is 0 Å². The first kappa shape index (κ1) is 17.7. The van der Waals surface area contributed by atoms with Gasteiger partial charge in [-0.05, 0) is 51.3 Å². The topological polar surface area (TPSA) is 91.2 Å². The third-order valence-electron chi connectivity index (χ3n) is 5.28. The van der Waals surface area contributed by atoms with Gasteiger partial charge in [0, 0.05) is 36.9 Å². The van der Waals surface area contributed by atoms with Crippen LogP contribution in [-0.2, 0) is 0 Å². The van der Waals surface area contributed by atoms with E-state index in [9.17, 15) is 4.79 Å². The van der Waals surface area contributed by atoms with Crippen LogP contribution in [0.1, 0.15) is 42.7 Å². The van der Waals surface area contributed by atoms with Crippen molar-refractivity contribution in [3.05, 3.63) is 35.9 Å². The number of piperidine rings is 1. The third-order valence-corrected chi connectivity index (χ3v) is 5.28. The van der Waals surface area contributed by atoms with Crippen molar-refractivity contribution in [1.82, 2.24) is 35.0 Å². The zero-order valence-corrected chi connectivity index (χ0v) is 15.9. The van der Waals surface area contributed by atoms with Crippen LogP contribution in [-0.4, -0.2) is 60.8 Å². The highest BCUT2D eigenvalue weighted by molar-refractivity contribution is 5.93. The van der Waals surface area contributed by atoms with Crippen LogP contribution in [0.15, 0.2) is 24.7 Å². The number of nitrogens with one attached hydrogen (secondary N) is 2. The number of aromatic amines is 1. The standard InChI is InChI=1S/C19H25N7O/c1-12(2)25-6-4-15(5-7-25)22-19(27)17-9-16(23-24-17)14-8-13(3)18-20-11-21-26(18)10-14/h8-12,15H,4-7H2,1-3H3,(H,22,27)(H,23,24). The molecule has 4 rings (SSSR count). The summed E-state index contributed by atoms with van der Waals surface area (Å²) >= 11 is 0. The Hall–Kier alpha value is -2.74. The minimum absolute atomic E-state index is 0.126. The smallest absolute Gasteiger partial charge is 0.272 e. The van der Waals surface area contributed by atoms with Crippen LogP contribution < -0.4 is 5.32 Å². The molecule has 1 amide bonds. The first-order valence-electron chi connectivity index (χ1n) is 9.42. The fourth-order valence-electron chi connectivity index (χ4n) is 3.65. The van der Waals surface area contributed by atoms with Crippen molar-refractivity contribution < 1.29 is 4.79 Å². The average molecular weight is 367 g/mol. The van der Waals surface area contributed by atoms with Gasteiger partial charge in [0.15, 0.2) is 11.3 Å². The summed E-state index contributed by atoms with van der Waals surface area (Å²) in [5.74, 6) is -0.126. The summed E-state index contributed by atoms with van der Waals surface area (Å²) in [7, 11) is 0. The summed E-state index contributed by atoms with van der Waals surface area (Å²) in [6.07, 6.45) is 5.36. The summed E-state index contributed by atoms with van der Waals surface area (Å²) in [5, 5.41) is 14.5. The molecule has 0 saturated carbocycles. The fraction of sp³-hybridized carbons (Fsp3) is 0.474. The Labute approximate surface area is 158 Å². The van der Waals surface area contributed by atoms with Gasteiger partial charge < -0.3 is 10.2 Å². The molecule has 4 heterocycles. The van der Waals surface area contributed by atoms with Crippen molar-refractivity contribution in [1.29, 1.82) is 0 Å². The summed E-state index contributed by atoms with van der Waals surface area (Å²) < 4.78 is 1.73. The van der Waals surface area contributed by atoms with Gasteiger partial charge in [0.1, 0.15) is 6.33 Å². The number of fused-ring (bicyclic) bond motifs is 1. The lowest BCUT2D eigenvalue weighted by atomic mass is 10.0. The van der Waals surface area contributed by atoms with Crippen LogP contribution in [0.4, 0.5) is 0 Å². The second-order valence-electron chi connectivity index (χ2n) is 7.48. The minimum Gasteiger partial charge on any atom is -0.348 e. The Morgan fingerprint density at radius 1 is 1.30 bits per heavy atom. The van der Waals surface area contributed by atoms with Crippen LogP contribution in [0, 0.1) is 6.92 Å². The number of nitrogens with zero attached hydrogens (tertiary/aromatic N) is 5. The summed E-state index contributed by atoms with van der Waals surface area (Å²) in [6, 6.07) is 4.57. The van der Waals surface area contributed by atoms with E-state index in [0.717, 1.165) is 48.4 Å². The van der Waals surface area contributed by atoms with Crippen molar-refractivity contribution in [2.24, 2.45) is 0 Å². The van der Waals surface area contributed by atoms with Crippen LogP contribution >= 0.6 is 0 Å². The molecule has 0 aromatic carbocycles. The molecule has 3 aromatic heterocycles. The molecule has 142 valence electrons. The number of aryl methyl sites for hydroxylation is 1. The fourth-order valence-corrected chi connectivity index (χ4v) is 3.65. The molecule has 27 heavy (non-hydrogen) atoms. The Balaban J connectivity index is 1.45. The minimum atomic E-state index is -0.126. The SMILES string of the molecule is Cc1cc(-c2cc(C(=O)NC3CCN(C(C)C)CC3)n[nH]2)cn2ncnc12. The molecular weight excluding hydrogens is 342 g/mol. The Morgan fingerprint density at radius 3 is 2.81 bits per heavy atom. The molecule has 1 aliphatic rings. The zero-order chi connectivity index (χ0) is 19.0. The predicted molar refractivity (Wildman–Crippen MR) is 103 cm³/mol. The van der Waals surface area contributed by atoms with Gasteiger partial charge in [-0.2, -0.15) is 10.2 Å². The summed E-state index contributed by atoms with van der Waals surface area (Å²) in [4.78, 5) is 19.2. The number of hydrogen-bond donors (Lipinski definition) is 2. The first-order chi connectivity index (χ1) is 13.0. The zero-order valence-electron chi connectivity index (χ0n) is 15.9. The van der Waals surface area contributed by atoms with Crippen molar-refractivity contribution >= 4 is 11.6 Å². The normalized spacial score (nSPS) is 16.3. The number of likely N-dealkylation sites (tertiary alicyclic amines) is 1. The molecule has 3 aromatic rings. The van der Waals surface area contributed by atoms with Gasteiger partial charge >= 0.3 is 0 Å². The quantitative estimate of drug-likeness (QED) is 0.736. The number of hydrogen-bond acceptors (Lipinski definition) is 5. The Kier molecular flexibility index (Phi) is 4.65. The van der Waals surface area contributed by atoms with E-state index in [-0.39, 0.29) is 11.9 Å². The third kappa shape index (κ3) is 3.57. The molecule has 1 aliphatic heterocycles. The largest absolute Gasteiger partial charge is 0.348 e. The second-order valence-corrected chi connectivity index (χ2v) is 7.48. The Bertz CT molecular complexity index is 950. The van der Waals surface area contributed by atoms with E-state index in [0.29, 0.717) is 11.7 Å². The number of amides is 1.